The van der Waals surface area contributed by atoms with Crippen molar-refractivity contribution in [1.29, 1.82) is 0 Å². The van der Waals surface area contributed by atoms with Gasteiger partial charge >= 0.3 is 0 Å². The van der Waals surface area contributed by atoms with Crippen molar-refractivity contribution in [3.63, 3.8) is 0 Å². The Hall–Kier alpha value is -1.92. The van der Waals surface area contributed by atoms with Crippen molar-refractivity contribution >= 4 is 27.0 Å². The zero-order valence-electron chi connectivity index (χ0n) is 11.7. The summed E-state index contributed by atoms with van der Waals surface area (Å²) in [6, 6.07) is 11.8. The van der Waals surface area contributed by atoms with Crippen molar-refractivity contribution in [2.45, 2.75) is 11.8 Å². The molecule has 110 valence electrons. The second kappa shape index (κ2) is 5.83. The van der Waals surface area contributed by atoms with Crippen LogP contribution in [0, 0.1) is 6.92 Å². The highest BCUT2D eigenvalue weighted by atomic mass is 32.2. The molecule has 2 aromatic carbocycles. The highest BCUT2D eigenvalue weighted by molar-refractivity contribution is 7.90. The number of para-hydroxylation sites is 1. The number of hydrogen-bond donors (Lipinski definition) is 1. The molecule has 0 aliphatic rings. The predicted molar refractivity (Wildman–Crippen MR) is 86.7 cm³/mol. The normalized spacial score (nSPS) is 11.1. The van der Waals surface area contributed by atoms with Crippen LogP contribution in [0.3, 0.4) is 0 Å². The van der Waals surface area contributed by atoms with Crippen molar-refractivity contribution in [2.24, 2.45) is 5.73 Å². The number of aryl methyl sites for hydroxylation is 1. The quantitative estimate of drug-likeness (QED) is 0.877. The number of ether oxygens (including phenoxy) is 1. The van der Waals surface area contributed by atoms with E-state index in [9.17, 15) is 8.42 Å². The molecule has 0 unspecified atom stereocenters. The first-order valence-electron chi connectivity index (χ1n) is 6.16. The maximum absolute atomic E-state index is 11.6. The Bertz CT molecular complexity index is 798. The molecule has 2 rings (SSSR count). The monoisotopic (exact) mass is 321 g/mol. The summed E-state index contributed by atoms with van der Waals surface area (Å²) >= 11 is 5.01. The first-order chi connectivity index (χ1) is 9.79. The molecule has 2 N–H and O–H groups in total. The summed E-state index contributed by atoms with van der Waals surface area (Å²) in [6.07, 6.45) is 1.15. The van der Waals surface area contributed by atoms with E-state index in [1.165, 1.54) is 12.1 Å². The third kappa shape index (κ3) is 3.59. The van der Waals surface area contributed by atoms with Gasteiger partial charge in [-0.3, -0.25) is 0 Å². The minimum atomic E-state index is -3.28. The standard InChI is InChI=1S/C15H15NO3S2/c1-10-5-3-8-13(15(16)20)14(10)19-11-6-4-7-12(9-11)21(2,17)18/h3-9H,1-2H3,(H2,16,20). The van der Waals surface area contributed by atoms with Crippen molar-refractivity contribution in [2.75, 3.05) is 6.26 Å². The van der Waals surface area contributed by atoms with Gasteiger partial charge in [0.05, 0.1) is 10.5 Å². The molecular formula is C15H15NO3S2. The minimum absolute atomic E-state index is 0.199. The van der Waals surface area contributed by atoms with Crippen LogP contribution in [-0.2, 0) is 9.84 Å². The third-order valence-electron chi connectivity index (χ3n) is 2.93. The molecule has 2 aromatic rings. The van der Waals surface area contributed by atoms with Gasteiger partial charge in [0.25, 0.3) is 0 Å². The van der Waals surface area contributed by atoms with Crippen LogP contribution in [0.25, 0.3) is 0 Å². The molecule has 0 saturated heterocycles. The molecule has 21 heavy (non-hydrogen) atoms. The van der Waals surface area contributed by atoms with E-state index < -0.39 is 9.84 Å². The Morgan fingerprint density at radius 3 is 2.48 bits per heavy atom. The second-order valence-corrected chi connectivity index (χ2v) is 7.12. The topological polar surface area (TPSA) is 69.4 Å². The highest BCUT2D eigenvalue weighted by Crippen LogP contribution is 2.30. The van der Waals surface area contributed by atoms with E-state index >= 15 is 0 Å². The molecule has 0 fully saturated rings. The maximum Gasteiger partial charge on any atom is 0.175 e. The van der Waals surface area contributed by atoms with Crippen LogP contribution in [-0.4, -0.2) is 19.7 Å². The number of rotatable bonds is 4. The molecule has 0 amide bonds. The van der Waals surface area contributed by atoms with Gasteiger partial charge in [-0.05, 0) is 36.8 Å². The van der Waals surface area contributed by atoms with Crippen LogP contribution < -0.4 is 10.5 Å². The SMILES string of the molecule is Cc1cccc(C(N)=S)c1Oc1cccc(S(C)(=O)=O)c1. The van der Waals surface area contributed by atoms with Gasteiger partial charge in [-0.15, -0.1) is 0 Å². The number of thiocarbonyl (C=S) groups is 1. The van der Waals surface area contributed by atoms with E-state index in [1.54, 1.807) is 18.2 Å². The second-order valence-electron chi connectivity index (χ2n) is 4.66. The summed E-state index contributed by atoms with van der Waals surface area (Å²) in [5, 5.41) is 0. The molecule has 6 heteroatoms. The molecule has 0 atom stereocenters. The van der Waals surface area contributed by atoms with Gasteiger partial charge < -0.3 is 10.5 Å². The van der Waals surface area contributed by atoms with Gasteiger partial charge in [-0.2, -0.15) is 0 Å². The lowest BCUT2D eigenvalue weighted by molar-refractivity contribution is 0.476. The molecule has 0 spiro atoms. The van der Waals surface area contributed by atoms with Crippen LogP contribution in [0.1, 0.15) is 11.1 Å². The van der Waals surface area contributed by atoms with Gasteiger partial charge in [0, 0.05) is 6.26 Å². The fraction of sp³-hybridized carbons (Fsp3) is 0.133. The van der Waals surface area contributed by atoms with E-state index in [-0.39, 0.29) is 9.88 Å². The van der Waals surface area contributed by atoms with E-state index in [2.05, 4.69) is 0 Å². The molecule has 0 aromatic heterocycles. The number of sulfone groups is 1. The Morgan fingerprint density at radius 1 is 1.19 bits per heavy atom. The Kier molecular flexibility index (Phi) is 4.29. The molecule has 0 saturated carbocycles. The summed E-state index contributed by atoms with van der Waals surface area (Å²) in [4.78, 5) is 0.429. The summed E-state index contributed by atoms with van der Waals surface area (Å²) < 4.78 is 29.0. The van der Waals surface area contributed by atoms with E-state index in [1.807, 2.05) is 19.1 Å². The number of benzene rings is 2. The van der Waals surface area contributed by atoms with Gasteiger partial charge in [-0.1, -0.05) is 30.4 Å². The highest BCUT2D eigenvalue weighted by Gasteiger charge is 2.12. The third-order valence-corrected chi connectivity index (χ3v) is 4.26. The Balaban J connectivity index is 2.46. The molecule has 0 bridgehead atoms. The average Bonchev–Trinajstić information content (AvgIpc) is 2.40. The Morgan fingerprint density at radius 2 is 1.86 bits per heavy atom. The maximum atomic E-state index is 11.6. The molecule has 0 aliphatic carbocycles. The summed E-state index contributed by atoms with van der Waals surface area (Å²) in [5.74, 6) is 0.959. The van der Waals surface area contributed by atoms with Crippen LogP contribution in [0.15, 0.2) is 47.4 Å². The zero-order chi connectivity index (χ0) is 15.6. The summed E-state index contributed by atoms with van der Waals surface area (Å²) in [5.41, 5.74) is 7.18. The van der Waals surface area contributed by atoms with Crippen LogP contribution in [0.4, 0.5) is 0 Å². The van der Waals surface area contributed by atoms with Gasteiger partial charge in [0.15, 0.2) is 9.84 Å². The van der Waals surface area contributed by atoms with E-state index in [0.717, 1.165) is 11.8 Å². The van der Waals surface area contributed by atoms with E-state index in [4.69, 9.17) is 22.7 Å². The molecule has 4 nitrogen and oxygen atoms in total. The molecule has 0 aliphatic heterocycles. The van der Waals surface area contributed by atoms with Gasteiger partial charge in [0.1, 0.15) is 16.5 Å². The lowest BCUT2D eigenvalue weighted by atomic mass is 10.1. The van der Waals surface area contributed by atoms with E-state index in [0.29, 0.717) is 17.1 Å². The van der Waals surface area contributed by atoms with Crippen molar-refractivity contribution < 1.29 is 13.2 Å². The fourth-order valence-electron chi connectivity index (χ4n) is 1.87. The summed E-state index contributed by atoms with van der Waals surface area (Å²) in [7, 11) is -3.28. The fourth-order valence-corrected chi connectivity index (χ4v) is 2.68. The molecule has 0 radical (unpaired) electrons. The first kappa shape index (κ1) is 15.5. The lowest BCUT2D eigenvalue weighted by Crippen LogP contribution is -2.11. The molecular weight excluding hydrogens is 306 g/mol. The zero-order valence-corrected chi connectivity index (χ0v) is 13.3. The lowest BCUT2D eigenvalue weighted by Gasteiger charge is -2.13. The number of nitrogens with two attached hydrogens (primary N) is 1. The molecule has 0 heterocycles. The summed E-state index contributed by atoms with van der Waals surface area (Å²) in [6.45, 7) is 1.87. The van der Waals surface area contributed by atoms with Crippen molar-refractivity contribution in [1.82, 2.24) is 0 Å². The van der Waals surface area contributed by atoms with Gasteiger partial charge in [0.2, 0.25) is 0 Å². The van der Waals surface area contributed by atoms with Crippen molar-refractivity contribution in [3.8, 4) is 11.5 Å². The predicted octanol–water partition coefficient (Wildman–Crippen LogP) is 2.83. The minimum Gasteiger partial charge on any atom is -0.456 e. The Labute approximate surface area is 129 Å². The smallest absolute Gasteiger partial charge is 0.175 e. The average molecular weight is 321 g/mol. The number of hydrogen-bond acceptors (Lipinski definition) is 4. The van der Waals surface area contributed by atoms with Gasteiger partial charge in [-0.25, -0.2) is 8.42 Å². The van der Waals surface area contributed by atoms with Crippen molar-refractivity contribution in [3.05, 3.63) is 53.6 Å². The first-order valence-corrected chi connectivity index (χ1v) is 8.46. The van der Waals surface area contributed by atoms with Crippen LogP contribution in [0.5, 0.6) is 11.5 Å². The largest absolute Gasteiger partial charge is 0.456 e. The van der Waals surface area contributed by atoms with Crippen LogP contribution >= 0.6 is 12.2 Å². The van der Waals surface area contributed by atoms with Crippen LogP contribution in [0.2, 0.25) is 0 Å².